The van der Waals surface area contributed by atoms with E-state index in [0.717, 1.165) is 11.4 Å². The molecule has 6 nitrogen and oxygen atoms in total. The number of nitrogens with two attached hydrogens (primary N) is 1. The lowest BCUT2D eigenvalue weighted by Gasteiger charge is -2.35. The van der Waals surface area contributed by atoms with Crippen molar-refractivity contribution in [3.63, 3.8) is 0 Å². The Labute approximate surface area is 111 Å². The Kier molecular flexibility index (Phi) is 3.98. The number of thioether (sulfide) groups is 1. The van der Waals surface area contributed by atoms with Crippen LogP contribution in [0.3, 0.4) is 0 Å². The number of nitrogens with zero attached hydrogens (tertiary/aromatic N) is 2. The third kappa shape index (κ3) is 2.88. The summed E-state index contributed by atoms with van der Waals surface area (Å²) in [6, 6.07) is 3.56. The lowest BCUT2D eigenvalue weighted by molar-refractivity contribution is 0.584. The number of sulfone groups is 1. The molecule has 0 spiro atoms. The van der Waals surface area contributed by atoms with Crippen molar-refractivity contribution >= 4 is 33.1 Å². The van der Waals surface area contributed by atoms with Crippen molar-refractivity contribution in [2.24, 2.45) is 5.84 Å². The Balaban J connectivity index is 2.33. The Hall–Kier alpha value is -0.990. The summed E-state index contributed by atoms with van der Waals surface area (Å²) in [5.74, 6) is 7.35. The van der Waals surface area contributed by atoms with Gasteiger partial charge in [-0.15, -0.1) is 0 Å². The monoisotopic (exact) mass is 288 g/mol. The fourth-order valence-corrected chi connectivity index (χ4v) is 4.75. The molecule has 0 aliphatic carbocycles. The number of nitrogen functional groups attached to an aromatic ring is 1. The van der Waals surface area contributed by atoms with E-state index in [1.807, 2.05) is 4.90 Å². The van der Waals surface area contributed by atoms with Gasteiger partial charge >= 0.3 is 0 Å². The maximum Gasteiger partial charge on any atom is 0.169 e. The molecule has 8 heteroatoms. The summed E-state index contributed by atoms with van der Waals surface area (Å²) in [6.45, 7) is 0.705. The number of hydrogen-bond acceptors (Lipinski definition) is 7. The molecular weight excluding hydrogens is 272 g/mol. The van der Waals surface area contributed by atoms with E-state index in [2.05, 4.69) is 10.4 Å². The predicted octanol–water partition coefficient (Wildman–Crippen LogP) is 0.291. The second-order valence-electron chi connectivity index (χ2n) is 4.10. The van der Waals surface area contributed by atoms with Gasteiger partial charge in [-0.3, -0.25) is 0 Å². The molecule has 1 saturated heterocycles. The molecule has 0 amide bonds. The zero-order valence-corrected chi connectivity index (χ0v) is 11.7. The molecule has 0 radical (unpaired) electrons. The normalized spacial score (nSPS) is 20.8. The van der Waals surface area contributed by atoms with Crippen molar-refractivity contribution in [3.8, 4) is 0 Å². The maximum atomic E-state index is 11.8. The van der Waals surface area contributed by atoms with Gasteiger partial charge in [0.25, 0.3) is 0 Å². The van der Waals surface area contributed by atoms with Crippen LogP contribution in [0.5, 0.6) is 0 Å². The van der Waals surface area contributed by atoms with Gasteiger partial charge in [-0.05, 0) is 6.07 Å². The topological polar surface area (TPSA) is 88.3 Å². The Morgan fingerprint density at radius 3 is 3.06 bits per heavy atom. The van der Waals surface area contributed by atoms with Crippen LogP contribution in [-0.4, -0.2) is 43.1 Å². The quantitative estimate of drug-likeness (QED) is 0.610. The second kappa shape index (κ2) is 5.33. The maximum absolute atomic E-state index is 11.8. The van der Waals surface area contributed by atoms with Crippen LogP contribution in [0.4, 0.5) is 11.5 Å². The molecular formula is C10H16N4O2S2. The lowest BCUT2D eigenvalue weighted by Crippen LogP contribution is -2.47. The van der Waals surface area contributed by atoms with Gasteiger partial charge in [-0.2, -0.15) is 11.8 Å². The Morgan fingerprint density at radius 2 is 2.39 bits per heavy atom. The standard InChI is InChI=1S/C10H16N4O2S2/c1-18(15,16)10-7-17-5-4-14(10)8-2-3-12-9(6-8)13-11/h2-3,6,10H,4-5,7,11H2,1H3,(H,12,13). The summed E-state index contributed by atoms with van der Waals surface area (Å²) >= 11 is 1.66. The first kappa shape index (κ1) is 13.4. The van der Waals surface area contributed by atoms with Crippen LogP contribution in [-0.2, 0) is 9.84 Å². The van der Waals surface area contributed by atoms with Crippen LogP contribution in [0, 0.1) is 0 Å². The molecule has 2 rings (SSSR count). The van der Waals surface area contributed by atoms with Gasteiger partial charge in [0.2, 0.25) is 0 Å². The number of nitrogens with one attached hydrogen (secondary N) is 1. The number of hydrazine groups is 1. The van der Waals surface area contributed by atoms with Gasteiger partial charge in [0.1, 0.15) is 11.2 Å². The van der Waals surface area contributed by atoms with Gasteiger partial charge in [0.05, 0.1) is 0 Å². The van der Waals surface area contributed by atoms with Crippen molar-refractivity contribution in [1.29, 1.82) is 0 Å². The van der Waals surface area contributed by atoms with Crippen LogP contribution in [0.2, 0.25) is 0 Å². The van der Waals surface area contributed by atoms with Crippen LogP contribution in [0.1, 0.15) is 0 Å². The smallest absolute Gasteiger partial charge is 0.169 e. The Bertz CT molecular complexity index is 520. The summed E-state index contributed by atoms with van der Waals surface area (Å²) in [5, 5.41) is -0.482. The molecule has 1 fully saturated rings. The molecule has 0 saturated carbocycles. The first-order valence-corrected chi connectivity index (χ1v) is 8.59. The summed E-state index contributed by atoms with van der Waals surface area (Å²) in [5.41, 5.74) is 3.30. The van der Waals surface area contributed by atoms with Crippen molar-refractivity contribution < 1.29 is 8.42 Å². The lowest BCUT2D eigenvalue weighted by atomic mass is 10.3. The molecule has 1 aromatic rings. The van der Waals surface area contributed by atoms with E-state index >= 15 is 0 Å². The number of anilines is 2. The van der Waals surface area contributed by atoms with Gasteiger partial charge in [-0.25, -0.2) is 19.2 Å². The first-order valence-electron chi connectivity index (χ1n) is 5.48. The van der Waals surface area contributed by atoms with E-state index < -0.39 is 15.2 Å². The van der Waals surface area contributed by atoms with Gasteiger partial charge in [-0.1, -0.05) is 0 Å². The minimum atomic E-state index is -3.11. The van der Waals surface area contributed by atoms with E-state index in [1.165, 1.54) is 6.26 Å². The second-order valence-corrected chi connectivity index (χ2v) is 7.45. The Morgan fingerprint density at radius 1 is 1.61 bits per heavy atom. The molecule has 0 bridgehead atoms. The number of rotatable bonds is 3. The SMILES string of the molecule is CS(=O)(=O)C1CSCCN1c1ccnc(NN)c1. The van der Waals surface area contributed by atoms with Crippen molar-refractivity contribution in [2.75, 3.05) is 34.6 Å². The van der Waals surface area contributed by atoms with Crippen molar-refractivity contribution in [3.05, 3.63) is 18.3 Å². The van der Waals surface area contributed by atoms with Crippen molar-refractivity contribution in [2.45, 2.75) is 5.37 Å². The van der Waals surface area contributed by atoms with E-state index in [9.17, 15) is 8.42 Å². The van der Waals surface area contributed by atoms with E-state index in [-0.39, 0.29) is 0 Å². The average molecular weight is 288 g/mol. The molecule has 1 aliphatic heterocycles. The van der Waals surface area contributed by atoms with Crippen LogP contribution in [0.25, 0.3) is 0 Å². The van der Waals surface area contributed by atoms with Crippen LogP contribution >= 0.6 is 11.8 Å². The molecule has 18 heavy (non-hydrogen) atoms. The summed E-state index contributed by atoms with van der Waals surface area (Å²) in [4.78, 5) is 5.92. The van der Waals surface area contributed by atoms with E-state index in [4.69, 9.17) is 5.84 Å². The zero-order chi connectivity index (χ0) is 13.2. The molecule has 1 atom stereocenters. The van der Waals surface area contributed by atoms with Crippen LogP contribution < -0.4 is 16.2 Å². The number of hydrogen-bond donors (Lipinski definition) is 2. The van der Waals surface area contributed by atoms with Gasteiger partial charge in [0, 0.05) is 42.3 Å². The van der Waals surface area contributed by atoms with Gasteiger partial charge in [0.15, 0.2) is 9.84 Å². The van der Waals surface area contributed by atoms with Gasteiger partial charge < -0.3 is 10.3 Å². The summed E-state index contributed by atoms with van der Waals surface area (Å²) in [6.07, 6.45) is 2.89. The molecule has 2 heterocycles. The van der Waals surface area contributed by atoms with E-state index in [0.29, 0.717) is 18.1 Å². The summed E-state index contributed by atoms with van der Waals surface area (Å²) in [7, 11) is -3.11. The highest BCUT2D eigenvalue weighted by molar-refractivity contribution is 8.01. The average Bonchev–Trinajstić information content (AvgIpc) is 2.38. The zero-order valence-electron chi connectivity index (χ0n) is 10.0. The largest absolute Gasteiger partial charge is 0.353 e. The summed E-state index contributed by atoms with van der Waals surface area (Å²) < 4.78 is 23.6. The van der Waals surface area contributed by atoms with E-state index in [1.54, 1.807) is 30.1 Å². The van der Waals surface area contributed by atoms with Crippen LogP contribution in [0.15, 0.2) is 18.3 Å². The predicted molar refractivity (Wildman–Crippen MR) is 75.3 cm³/mol. The highest BCUT2D eigenvalue weighted by Crippen LogP contribution is 2.27. The molecule has 1 aliphatic rings. The number of pyridine rings is 1. The highest BCUT2D eigenvalue weighted by atomic mass is 32.2. The molecule has 0 aromatic carbocycles. The van der Waals surface area contributed by atoms with Crippen molar-refractivity contribution in [1.82, 2.24) is 4.98 Å². The fraction of sp³-hybridized carbons (Fsp3) is 0.500. The molecule has 3 N–H and O–H groups in total. The third-order valence-electron chi connectivity index (χ3n) is 2.80. The highest BCUT2D eigenvalue weighted by Gasteiger charge is 2.31. The molecule has 100 valence electrons. The minimum absolute atomic E-state index is 0.482. The number of aromatic nitrogens is 1. The molecule has 1 unspecified atom stereocenters. The third-order valence-corrected chi connectivity index (χ3v) is 5.45. The minimum Gasteiger partial charge on any atom is -0.353 e. The first-order chi connectivity index (χ1) is 8.52. The fourth-order valence-electron chi connectivity index (χ4n) is 1.91. The molecule has 1 aromatic heterocycles.